The lowest BCUT2D eigenvalue weighted by Crippen LogP contribution is -2.60. The fraction of sp³-hybridized carbons (Fsp3) is 0.524. The molecular weight excluding hydrogens is 344 g/mol. The summed E-state index contributed by atoms with van der Waals surface area (Å²) in [5.41, 5.74) is 1.24. The van der Waals surface area contributed by atoms with Crippen molar-refractivity contribution >= 4 is 17.4 Å². The number of hydrogen-bond acceptors (Lipinski definition) is 6. The van der Waals surface area contributed by atoms with Gasteiger partial charge in [-0.2, -0.15) is 0 Å². The third-order valence-electron chi connectivity index (χ3n) is 6.36. The van der Waals surface area contributed by atoms with Crippen LogP contribution in [-0.4, -0.2) is 55.0 Å². The third kappa shape index (κ3) is 2.78. The van der Waals surface area contributed by atoms with Gasteiger partial charge in [0.25, 0.3) is 0 Å². The van der Waals surface area contributed by atoms with Gasteiger partial charge in [0.05, 0.1) is 37.2 Å². The summed E-state index contributed by atoms with van der Waals surface area (Å²) in [7, 11) is 3.04. The maximum absolute atomic E-state index is 11.9. The molecule has 4 rings (SSSR count). The fourth-order valence-electron chi connectivity index (χ4n) is 4.95. The van der Waals surface area contributed by atoms with Gasteiger partial charge in [0, 0.05) is 19.5 Å². The minimum atomic E-state index is -1.10. The largest absolute Gasteiger partial charge is 0.496 e. The molecule has 3 aliphatic heterocycles. The van der Waals surface area contributed by atoms with E-state index in [9.17, 15) is 9.90 Å². The summed E-state index contributed by atoms with van der Waals surface area (Å²) >= 11 is 0. The number of fused-ring (bicyclic) bond motifs is 5. The van der Waals surface area contributed by atoms with E-state index in [1.54, 1.807) is 7.11 Å². The van der Waals surface area contributed by atoms with Crippen LogP contribution < -0.4 is 4.74 Å². The molecule has 2 saturated heterocycles. The van der Waals surface area contributed by atoms with E-state index in [1.807, 2.05) is 24.3 Å². The van der Waals surface area contributed by atoms with Gasteiger partial charge in [-0.1, -0.05) is 12.1 Å². The molecule has 3 heterocycles. The lowest BCUT2D eigenvalue weighted by molar-refractivity contribution is -0.142. The molecule has 0 amide bonds. The molecule has 144 valence electrons. The summed E-state index contributed by atoms with van der Waals surface area (Å²) in [4.78, 5) is 19.1. The van der Waals surface area contributed by atoms with Crippen LogP contribution in [0, 0.1) is 11.8 Å². The zero-order valence-corrected chi connectivity index (χ0v) is 15.9. The predicted octanol–water partition coefficient (Wildman–Crippen LogP) is 2.43. The lowest BCUT2D eigenvalue weighted by atomic mass is 9.72. The van der Waals surface area contributed by atoms with Crippen LogP contribution in [0.25, 0.3) is 0 Å². The Labute approximate surface area is 159 Å². The highest BCUT2D eigenvalue weighted by molar-refractivity contribution is 6.05. The second kappa shape index (κ2) is 6.77. The molecule has 1 aromatic carbocycles. The Kier molecular flexibility index (Phi) is 4.56. The minimum absolute atomic E-state index is 0.00622. The lowest BCUT2D eigenvalue weighted by Gasteiger charge is -2.49. The average Bonchev–Trinajstić information content (AvgIpc) is 3.00. The number of aliphatic hydroxyl groups is 1. The molecule has 27 heavy (non-hydrogen) atoms. The Bertz CT molecular complexity index is 805. The van der Waals surface area contributed by atoms with E-state index in [2.05, 4.69) is 11.5 Å². The molecule has 6 heteroatoms. The maximum atomic E-state index is 11.9. The van der Waals surface area contributed by atoms with Crippen LogP contribution in [0.4, 0.5) is 5.69 Å². The number of ether oxygens (including phenoxy) is 2. The maximum Gasteiger partial charge on any atom is 0.305 e. The smallest absolute Gasteiger partial charge is 0.305 e. The molecule has 2 fully saturated rings. The zero-order chi connectivity index (χ0) is 19.2. The van der Waals surface area contributed by atoms with Gasteiger partial charge in [0.2, 0.25) is 0 Å². The van der Waals surface area contributed by atoms with Gasteiger partial charge in [0.1, 0.15) is 11.4 Å². The molecule has 3 aliphatic rings. The highest BCUT2D eigenvalue weighted by atomic mass is 16.5. The molecule has 0 spiro atoms. The van der Waals surface area contributed by atoms with Gasteiger partial charge in [-0.05, 0) is 36.8 Å². The van der Waals surface area contributed by atoms with Gasteiger partial charge in [-0.25, -0.2) is 0 Å². The third-order valence-corrected chi connectivity index (χ3v) is 6.36. The van der Waals surface area contributed by atoms with Crippen LogP contribution >= 0.6 is 0 Å². The summed E-state index contributed by atoms with van der Waals surface area (Å²) in [5.74, 6) is 0.829. The van der Waals surface area contributed by atoms with Crippen molar-refractivity contribution in [2.75, 3.05) is 27.3 Å². The quantitative estimate of drug-likeness (QED) is 0.651. The van der Waals surface area contributed by atoms with Crippen LogP contribution in [0.3, 0.4) is 0 Å². The molecule has 1 N–H and O–H groups in total. The molecule has 0 saturated carbocycles. The fourth-order valence-corrected chi connectivity index (χ4v) is 4.95. The van der Waals surface area contributed by atoms with E-state index < -0.39 is 5.60 Å². The number of hydrogen-bond donors (Lipinski definition) is 1. The van der Waals surface area contributed by atoms with Crippen LogP contribution in [0.15, 0.2) is 35.8 Å². The van der Waals surface area contributed by atoms with E-state index in [1.165, 1.54) is 7.11 Å². The van der Waals surface area contributed by atoms with Crippen LogP contribution in [0.1, 0.15) is 24.8 Å². The van der Waals surface area contributed by atoms with E-state index in [0.29, 0.717) is 18.6 Å². The summed E-state index contributed by atoms with van der Waals surface area (Å²) in [6.07, 6.45) is 3.64. The molecule has 0 radical (unpaired) electrons. The van der Waals surface area contributed by atoms with E-state index in [-0.39, 0.29) is 23.8 Å². The van der Waals surface area contributed by atoms with Crippen molar-refractivity contribution in [3.8, 4) is 5.75 Å². The first-order valence-electron chi connectivity index (χ1n) is 9.44. The number of benzene rings is 1. The molecule has 0 bridgehead atoms. The summed E-state index contributed by atoms with van der Waals surface area (Å²) in [6, 6.07) is 5.70. The monoisotopic (exact) mass is 370 g/mol. The number of methoxy groups -OCH3 is 2. The SMILES string of the molecule is C=C[C@@H]1CN2CC[C@@]3(O)C(=Nc4cccc(OC)c43)[C@H]2C[C@@H]1CC(=O)OC. The first-order chi connectivity index (χ1) is 13.0. The first kappa shape index (κ1) is 18.2. The Balaban J connectivity index is 1.68. The topological polar surface area (TPSA) is 71.4 Å². The molecule has 6 nitrogen and oxygen atoms in total. The van der Waals surface area contributed by atoms with Crippen molar-refractivity contribution in [1.29, 1.82) is 0 Å². The summed E-state index contributed by atoms with van der Waals surface area (Å²) < 4.78 is 10.4. The van der Waals surface area contributed by atoms with Gasteiger partial charge in [-0.15, -0.1) is 6.58 Å². The number of piperidine rings is 2. The highest BCUT2D eigenvalue weighted by Gasteiger charge is 2.53. The Morgan fingerprint density at radius 2 is 2.30 bits per heavy atom. The molecule has 4 atom stereocenters. The highest BCUT2D eigenvalue weighted by Crippen LogP contribution is 2.51. The van der Waals surface area contributed by atoms with E-state index in [0.717, 1.165) is 36.5 Å². The van der Waals surface area contributed by atoms with Gasteiger partial charge >= 0.3 is 5.97 Å². The molecule has 0 aromatic heterocycles. The molecule has 1 aromatic rings. The Morgan fingerprint density at radius 3 is 3.00 bits per heavy atom. The number of carbonyl (C=O) groups is 1. The molecular formula is C21H26N2O4. The van der Waals surface area contributed by atoms with Gasteiger partial charge in [0.15, 0.2) is 0 Å². The zero-order valence-electron chi connectivity index (χ0n) is 15.9. The van der Waals surface area contributed by atoms with Crippen molar-refractivity contribution < 1.29 is 19.4 Å². The predicted molar refractivity (Wildman–Crippen MR) is 102 cm³/mol. The van der Waals surface area contributed by atoms with Crippen LogP contribution in [0.2, 0.25) is 0 Å². The average molecular weight is 370 g/mol. The van der Waals surface area contributed by atoms with Gasteiger partial charge < -0.3 is 14.6 Å². The van der Waals surface area contributed by atoms with Gasteiger partial charge in [-0.3, -0.25) is 14.7 Å². The van der Waals surface area contributed by atoms with Crippen molar-refractivity contribution in [3.63, 3.8) is 0 Å². The number of carbonyl (C=O) groups excluding carboxylic acids is 1. The number of rotatable bonds is 4. The Hall–Kier alpha value is -2.18. The molecule has 0 aliphatic carbocycles. The van der Waals surface area contributed by atoms with Crippen molar-refractivity contribution in [2.45, 2.75) is 30.9 Å². The van der Waals surface area contributed by atoms with Crippen LogP contribution in [0.5, 0.6) is 5.75 Å². The second-order valence-electron chi connectivity index (χ2n) is 7.65. The van der Waals surface area contributed by atoms with Crippen LogP contribution in [-0.2, 0) is 15.1 Å². The first-order valence-corrected chi connectivity index (χ1v) is 9.44. The van der Waals surface area contributed by atoms with E-state index in [4.69, 9.17) is 14.5 Å². The summed E-state index contributed by atoms with van der Waals surface area (Å²) in [6.45, 7) is 5.55. The van der Waals surface area contributed by atoms with Crippen molar-refractivity contribution in [2.24, 2.45) is 16.8 Å². The van der Waals surface area contributed by atoms with Crippen molar-refractivity contribution in [1.82, 2.24) is 4.90 Å². The second-order valence-corrected chi connectivity index (χ2v) is 7.65. The number of esters is 1. The van der Waals surface area contributed by atoms with E-state index >= 15 is 0 Å². The number of nitrogens with zero attached hydrogens (tertiary/aromatic N) is 2. The van der Waals surface area contributed by atoms with Crippen molar-refractivity contribution in [3.05, 3.63) is 36.4 Å². The summed E-state index contributed by atoms with van der Waals surface area (Å²) in [5, 5.41) is 11.6. The normalized spacial score (nSPS) is 32.0. The standard InChI is InChI=1S/C21H26N2O4/c1-4-13-12-23-9-8-21(25)19-15(6-5-7-17(19)26-2)22-20(21)16(23)10-14(13)11-18(24)27-3/h4-7,13-14,16,25H,1,8-12H2,2-3H3/t13-,14-,16-,21+/m1/s1. The Morgan fingerprint density at radius 1 is 1.48 bits per heavy atom. The number of aliphatic imine (C=N–C) groups is 1. The minimum Gasteiger partial charge on any atom is -0.496 e. The molecule has 0 unspecified atom stereocenters.